The van der Waals surface area contributed by atoms with Crippen molar-refractivity contribution in [3.8, 4) is 39.9 Å². The van der Waals surface area contributed by atoms with E-state index in [0.717, 1.165) is 11.1 Å². The van der Waals surface area contributed by atoms with E-state index in [0.29, 0.717) is 35.5 Å². The van der Waals surface area contributed by atoms with Crippen LogP contribution in [0.3, 0.4) is 0 Å². The van der Waals surface area contributed by atoms with Gasteiger partial charge in [0.2, 0.25) is 0 Å². The van der Waals surface area contributed by atoms with Gasteiger partial charge in [-0.15, -0.1) is 0 Å². The predicted octanol–water partition coefficient (Wildman–Crippen LogP) is 7.37. The van der Waals surface area contributed by atoms with Crippen molar-refractivity contribution in [1.29, 1.82) is 0 Å². The Labute approximate surface area is 221 Å². The average molecular weight is 527 g/mol. The molecule has 0 fully saturated rings. The third-order valence-corrected chi connectivity index (χ3v) is 5.32. The Bertz CT molecular complexity index is 1290. The van der Waals surface area contributed by atoms with Crippen molar-refractivity contribution in [2.75, 3.05) is 13.2 Å². The van der Waals surface area contributed by atoms with Crippen LogP contribution in [0.15, 0.2) is 60.7 Å². The molecule has 0 N–H and O–H groups in total. The van der Waals surface area contributed by atoms with Crippen LogP contribution in [0.1, 0.15) is 47.1 Å². The number of benzene rings is 3. The van der Waals surface area contributed by atoms with Crippen LogP contribution >= 0.6 is 0 Å². The first-order chi connectivity index (χ1) is 17.7. The number of halogens is 2. The van der Waals surface area contributed by atoms with Gasteiger partial charge in [-0.3, -0.25) is 9.59 Å². The fourth-order valence-corrected chi connectivity index (χ4v) is 3.46. The van der Waals surface area contributed by atoms with E-state index >= 15 is 0 Å². The molecule has 0 heterocycles. The number of hydrogen-bond acceptors (Lipinski definition) is 6. The molecule has 0 radical (unpaired) electrons. The van der Waals surface area contributed by atoms with Crippen molar-refractivity contribution in [2.24, 2.45) is 0 Å². The molecule has 8 heteroatoms. The lowest BCUT2D eigenvalue weighted by Crippen LogP contribution is -2.18. The Balaban J connectivity index is 1.96. The lowest BCUT2D eigenvalue weighted by Gasteiger charge is -2.22. The molecular formula is C30H32F2O6. The van der Waals surface area contributed by atoms with Gasteiger partial charge in [-0.05, 0) is 72.4 Å². The van der Waals surface area contributed by atoms with Crippen LogP contribution in [0.2, 0.25) is 0 Å². The molecule has 0 aliphatic rings. The molecule has 0 amide bonds. The van der Waals surface area contributed by atoms with Gasteiger partial charge in [-0.1, -0.05) is 45.0 Å². The Morgan fingerprint density at radius 2 is 1.18 bits per heavy atom. The lowest BCUT2D eigenvalue weighted by molar-refractivity contribution is -0.159. The summed E-state index contributed by atoms with van der Waals surface area (Å²) in [7, 11) is 0. The highest BCUT2D eigenvalue weighted by atomic mass is 19.3. The Kier molecular flexibility index (Phi) is 8.76. The van der Waals surface area contributed by atoms with Gasteiger partial charge >= 0.3 is 6.11 Å². The molecule has 0 unspecified atom stereocenters. The molecule has 3 rings (SSSR count). The number of ketones is 2. The number of Topliss-reactive ketones (excluding diaryl/α,β-unsaturated/α-hetero) is 2. The first kappa shape index (κ1) is 28.6. The third kappa shape index (κ3) is 8.30. The quantitative estimate of drug-likeness (QED) is 0.260. The molecule has 202 valence electrons. The first-order valence-electron chi connectivity index (χ1n) is 12.1. The highest BCUT2D eigenvalue weighted by molar-refractivity contribution is 5.78. The summed E-state index contributed by atoms with van der Waals surface area (Å²) >= 11 is 0. The van der Waals surface area contributed by atoms with Crippen LogP contribution in [0.25, 0.3) is 11.1 Å². The maximum absolute atomic E-state index is 13.1. The van der Waals surface area contributed by atoms with Gasteiger partial charge in [0.05, 0.1) is 0 Å². The third-order valence-electron chi connectivity index (χ3n) is 5.32. The molecular weight excluding hydrogens is 494 g/mol. The normalized spacial score (nSPS) is 11.6. The van der Waals surface area contributed by atoms with Crippen LogP contribution in [0, 0.1) is 0 Å². The molecule has 0 saturated carbocycles. The minimum Gasteiger partial charge on any atom is -0.482 e. The Morgan fingerprint density at radius 1 is 0.684 bits per heavy atom. The minimum absolute atomic E-state index is 0.0334. The number of alkyl halides is 2. The van der Waals surface area contributed by atoms with E-state index in [1.54, 1.807) is 36.4 Å². The largest absolute Gasteiger partial charge is 0.482 e. The topological polar surface area (TPSA) is 71.1 Å². The Hall–Kier alpha value is -3.94. The maximum atomic E-state index is 13.1. The van der Waals surface area contributed by atoms with Crippen LogP contribution < -0.4 is 18.9 Å². The summed E-state index contributed by atoms with van der Waals surface area (Å²) in [4.78, 5) is 23.2. The molecule has 0 aliphatic carbocycles. The van der Waals surface area contributed by atoms with Crippen molar-refractivity contribution >= 4 is 11.6 Å². The van der Waals surface area contributed by atoms with Gasteiger partial charge in [0.15, 0.2) is 34.6 Å². The zero-order valence-electron chi connectivity index (χ0n) is 22.4. The molecule has 0 atom stereocenters. The second-order valence-corrected chi connectivity index (χ2v) is 10.1. The average Bonchev–Trinajstić information content (AvgIpc) is 2.81. The number of carbonyl (C=O) groups is 2. The van der Waals surface area contributed by atoms with E-state index in [4.69, 9.17) is 14.2 Å². The lowest BCUT2D eigenvalue weighted by atomic mass is 9.87. The first-order valence-corrected chi connectivity index (χ1v) is 12.1. The molecule has 0 bridgehead atoms. The van der Waals surface area contributed by atoms with Crippen LogP contribution in [0.4, 0.5) is 8.78 Å². The van der Waals surface area contributed by atoms with E-state index in [2.05, 4.69) is 25.5 Å². The van der Waals surface area contributed by atoms with Gasteiger partial charge in [-0.25, -0.2) is 0 Å². The van der Waals surface area contributed by atoms with Crippen molar-refractivity contribution in [2.45, 2.75) is 53.1 Å². The standard InChI is InChI=1S/C30H32F2O6/c1-19(33)17-35-27-15-22(21-7-11-24(12-8-21)38-30(6,31)32)9-13-25(27)37-26-14-10-23(29(3,4)5)16-28(26)36-18-20(2)34/h7-16H,17-18H2,1-6H3. The molecule has 6 nitrogen and oxygen atoms in total. The van der Waals surface area contributed by atoms with Crippen molar-refractivity contribution in [1.82, 2.24) is 0 Å². The summed E-state index contributed by atoms with van der Waals surface area (Å²) in [5.41, 5.74) is 2.27. The van der Waals surface area contributed by atoms with Crippen molar-refractivity contribution in [3.63, 3.8) is 0 Å². The highest BCUT2D eigenvalue weighted by Crippen LogP contribution is 2.41. The maximum Gasteiger partial charge on any atom is 0.394 e. The minimum atomic E-state index is -3.29. The second-order valence-electron chi connectivity index (χ2n) is 10.1. The summed E-state index contributed by atoms with van der Waals surface area (Å²) in [6.07, 6.45) is -3.29. The number of rotatable bonds is 11. The molecule has 0 aromatic heterocycles. The van der Waals surface area contributed by atoms with Crippen LogP contribution in [-0.4, -0.2) is 30.9 Å². The number of carbonyl (C=O) groups excluding carboxylic acids is 2. The second kappa shape index (κ2) is 11.6. The van der Waals surface area contributed by atoms with Crippen molar-refractivity contribution < 1.29 is 37.3 Å². The predicted molar refractivity (Wildman–Crippen MR) is 141 cm³/mol. The van der Waals surface area contributed by atoms with E-state index in [9.17, 15) is 18.4 Å². The van der Waals surface area contributed by atoms with Gasteiger partial charge in [0.1, 0.15) is 19.0 Å². The Morgan fingerprint density at radius 3 is 1.68 bits per heavy atom. The van der Waals surface area contributed by atoms with E-state index in [-0.39, 0.29) is 35.9 Å². The molecule has 3 aromatic carbocycles. The van der Waals surface area contributed by atoms with Crippen LogP contribution in [0.5, 0.6) is 28.7 Å². The zero-order chi connectivity index (χ0) is 28.1. The van der Waals surface area contributed by atoms with E-state index in [1.807, 2.05) is 12.1 Å². The number of hydrogen-bond donors (Lipinski definition) is 0. The molecule has 38 heavy (non-hydrogen) atoms. The smallest absolute Gasteiger partial charge is 0.394 e. The fraction of sp³-hybridized carbons (Fsp3) is 0.333. The van der Waals surface area contributed by atoms with Gasteiger partial charge in [0.25, 0.3) is 0 Å². The number of ether oxygens (including phenoxy) is 4. The molecule has 0 spiro atoms. The molecule has 0 aliphatic heterocycles. The van der Waals surface area contributed by atoms with E-state index < -0.39 is 6.11 Å². The SMILES string of the molecule is CC(=O)COc1cc(-c2ccc(OC(C)(F)F)cc2)ccc1Oc1ccc(C(C)(C)C)cc1OCC(C)=O. The molecule has 3 aromatic rings. The summed E-state index contributed by atoms with van der Waals surface area (Å²) in [5.74, 6) is 1.13. The van der Waals surface area contributed by atoms with E-state index in [1.165, 1.54) is 26.0 Å². The zero-order valence-corrected chi connectivity index (χ0v) is 22.4. The monoisotopic (exact) mass is 526 g/mol. The fourth-order valence-electron chi connectivity index (χ4n) is 3.46. The summed E-state index contributed by atoms with van der Waals surface area (Å²) in [6.45, 7) is 9.43. The van der Waals surface area contributed by atoms with Gasteiger partial charge < -0.3 is 18.9 Å². The van der Waals surface area contributed by atoms with Gasteiger partial charge in [-0.2, -0.15) is 8.78 Å². The van der Waals surface area contributed by atoms with Gasteiger partial charge in [0, 0.05) is 6.92 Å². The van der Waals surface area contributed by atoms with Crippen LogP contribution in [-0.2, 0) is 15.0 Å². The summed E-state index contributed by atoms with van der Waals surface area (Å²) in [6, 6.07) is 16.9. The summed E-state index contributed by atoms with van der Waals surface area (Å²) < 4.78 is 48.5. The molecule has 0 saturated heterocycles. The summed E-state index contributed by atoms with van der Waals surface area (Å²) in [5, 5.41) is 0. The van der Waals surface area contributed by atoms with Crippen molar-refractivity contribution in [3.05, 3.63) is 66.2 Å². The highest BCUT2D eigenvalue weighted by Gasteiger charge is 2.23.